The van der Waals surface area contributed by atoms with E-state index >= 15 is 0 Å². The van der Waals surface area contributed by atoms with Crippen LogP contribution in [0.4, 0.5) is 5.69 Å². The summed E-state index contributed by atoms with van der Waals surface area (Å²) in [5.41, 5.74) is 2.70. The van der Waals surface area contributed by atoms with Crippen LogP contribution in [0.3, 0.4) is 0 Å². The van der Waals surface area contributed by atoms with Gasteiger partial charge in [0, 0.05) is 30.3 Å². The highest BCUT2D eigenvalue weighted by atomic mass is 32.2. The van der Waals surface area contributed by atoms with Gasteiger partial charge in [-0.2, -0.15) is 0 Å². The van der Waals surface area contributed by atoms with Crippen LogP contribution < -0.4 is 15.1 Å². The van der Waals surface area contributed by atoms with Crippen molar-refractivity contribution in [2.75, 3.05) is 11.4 Å². The van der Waals surface area contributed by atoms with Crippen LogP contribution in [0, 0.1) is 13.8 Å². The van der Waals surface area contributed by atoms with Gasteiger partial charge in [0.05, 0.1) is 22.8 Å². The predicted molar refractivity (Wildman–Crippen MR) is 131 cm³/mol. The molecule has 0 saturated heterocycles. The van der Waals surface area contributed by atoms with E-state index in [1.165, 1.54) is 35.7 Å². The molecule has 0 atom stereocenters. The number of carbonyl (C=O) groups excluding carboxylic acids is 1. The summed E-state index contributed by atoms with van der Waals surface area (Å²) in [6, 6.07) is 15.2. The van der Waals surface area contributed by atoms with E-state index < -0.39 is 21.4 Å². The molecule has 2 aromatic heterocycles. The Morgan fingerprint density at radius 1 is 1.09 bits per heavy atom. The van der Waals surface area contributed by atoms with Crippen LogP contribution in [0.15, 0.2) is 76.7 Å². The summed E-state index contributed by atoms with van der Waals surface area (Å²) in [5.74, 6) is -0.574. The zero-order valence-corrected chi connectivity index (χ0v) is 19.8. The Morgan fingerprint density at radius 2 is 1.88 bits per heavy atom. The normalized spacial score (nSPS) is 11.4. The molecule has 4 aromatic rings. The molecule has 2 N–H and O–H groups in total. The van der Waals surface area contributed by atoms with Gasteiger partial charge in [0.2, 0.25) is 5.43 Å². The van der Waals surface area contributed by atoms with Gasteiger partial charge in [0.25, 0.3) is 15.9 Å². The quantitative estimate of drug-likeness (QED) is 0.443. The number of hydrogen-bond donors (Lipinski definition) is 2. The number of nitrogens with zero attached hydrogens (tertiary/aromatic N) is 2. The molecule has 0 aliphatic rings. The first-order valence-corrected chi connectivity index (χ1v) is 12.0. The minimum atomic E-state index is -3.95. The highest BCUT2D eigenvalue weighted by Crippen LogP contribution is 2.27. The summed E-state index contributed by atoms with van der Waals surface area (Å²) in [5, 5.41) is 2.78. The molecule has 0 spiro atoms. The first kappa shape index (κ1) is 23.2. The molecule has 9 heteroatoms. The molecular weight excluding hydrogens is 452 g/mol. The van der Waals surface area contributed by atoms with Gasteiger partial charge >= 0.3 is 0 Å². The number of aromatic nitrogens is 2. The van der Waals surface area contributed by atoms with E-state index in [1.807, 2.05) is 26.0 Å². The van der Waals surface area contributed by atoms with Crippen LogP contribution in [-0.4, -0.2) is 31.3 Å². The van der Waals surface area contributed by atoms with Crippen molar-refractivity contribution in [3.05, 3.63) is 99.6 Å². The second kappa shape index (κ2) is 9.11. The molecule has 0 unspecified atom stereocenters. The topological polar surface area (TPSA) is 112 Å². The molecular formula is C25H24N4O4S. The van der Waals surface area contributed by atoms with Crippen LogP contribution in [0.25, 0.3) is 10.9 Å². The van der Waals surface area contributed by atoms with E-state index in [0.29, 0.717) is 16.9 Å². The van der Waals surface area contributed by atoms with Crippen LogP contribution >= 0.6 is 0 Å². The zero-order valence-electron chi connectivity index (χ0n) is 19.0. The van der Waals surface area contributed by atoms with Gasteiger partial charge in [-0.3, -0.25) is 18.9 Å². The number of aryl methyl sites for hydroxylation is 2. The van der Waals surface area contributed by atoms with E-state index in [4.69, 9.17) is 0 Å². The van der Waals surface area contributed by atoms with E-state index in [0.717, 1.165) is 11.1 Å². The second-order valence-corrected chi connectivity index (χ2v) is 9.97. The van der Waals surface area contributed by atoms with Crippen LogP contribution in [0.5, 0.6) is 0 Å². The summed E-state index contributed by atoms with van der Waals surface area (Å²) >= 11 is 0. The van der Waals surface area contributed by atoms with Crippen LogP contribution in [0.1, 0.15) is 27.2 Å². The van der Waals surface area contributed by atoms with Gasteiger partial charge in [-0.05, 0) is 61.4 Å². The molecule has 174 valence electrons. The molecule has 0 aliphatic carbocycles. The second-order valence-electron chi connectivity index (χ2n) is 8.01. The van der Waals surface area contributed by atoms with Crippen molar-refractivity contribution >= 4 is 32.5 Å². The van der Waals surface area contributed by atoms with Crippen molar-refractivity contribution < 1.29 is 13.2 Å². The Morgan fingerprint density at radius 3 is 2.62 bits per heavy atom. The first-order valence-electron chi connectivity index (χ1n) is 10.6. The van der Waals surface area contributed by atoms with E-state index in [1.54, 1.807) is 30.5 Å². The molecule has 0 saturated carbocycles. The molecule has 0 bridgehead atoms. The molecule has 1 amide bonds. The Labute approximate surface area is 197 Å². The van der Waals surface area contributed by atoms with E-state index in [2.05, 4.69) is 15.3 Å². The number of rotatable bonds is 6. The van der Waals surface area contributed by atoms with Crippen molar-refractivity contribution in [1.82, 2.24) is 15.3 Å². The van der Waals surface area contributed by atoms with Crippen molar-refractivity contribution in [2.45, 2.75) is 25.3 Å². The third-order valence-corrected chi connectivity index (χ3v) is 7.38. The molecule has 0 aliphatic heterocycles. The number of aromatic amines is 1. The maximum absolute atomic E-state index is 13.4. The third kappa shape index (κ3) is 4.42. The van der Waals surface area contributed by atoms with Crippen molar-refractivity contribution in [3.63, 3.8) is 0 Å². The Kier molecular flexibility index (Phi) is 6.21. The fourth-order valence-electron chi connectivity index (χ4n) is 3.64. The van der Waals surface area contributed by atoms with Gasteiger partial charge in [-0.25, -0.2) is 8.42 Å². The van der Waals surface area contributed by atoms with Crippen molar-refractivity contribution in [1.29, 1.82) is 0 Å². The van der Waals surface area contributed by atoms with Gasteiger partial charge in [0.1, 0.15) is 5.56 Å². The van der Waals surface area contributed by atoms with Gasteiger partial charge in [0.15, 0.2) is 0 Å². The van der Waals surface area contributed by atoms with Crippen LogP contribution in [0.2, 0.25) is 0 Å². The fourth-order valence-corrected chi connectivity index (χ4v) is 4.92. The Bertz CT molecular complexity index is 1550. The van der Waals surface area contributed by atoms with Crippen molar-refractivity contribution in [2.24, 2.45) is 0 Å². The number of sulfonamides is 1. The number of H-pyrrole nitrogens is 1. The largest absolute Gasteiger partial charge is 0.360 e. The molecule has 4 rings (SSSR count). The van der Waals surface area contributed by atoms with E-state index in [9.17, 15) is 18.0 Å². The summed E-state index contributed by atoms with van der Waals surface area (Å²) in [6.07, 6.45) is 2.94. The van der Waals surface area contributed by atoms with Crippen molar-refractivity contribution in [3.8, 4) is 0 Å². The lowest BCUT2D eigenvalue weighted by Gasteiger charge is -2.22. The number of benzene rings is 2. The van der Waals surface area contributed by atoms with Gasteiger partial charge in [-0.15, -0.1) is 0 Å². The number of carbonyl (C=O) groups is 1. The summed E-state index contributed by atoms with van der Waals surface area (Å²) < 4.78 is 27.9. The zero-order chi connectivity index (χ0) is 24.5. The van der Waals surface area contributed by atoms with Gasteiger partial charge in [-0.1, -0.05) is 18.2 Å². The average molecular weight is 477 g/mol. The fraction of sp³-hybridized carbons (Fsp3) is 0.160. The number of anilines is 1. The third-order valence-electron chi connectivity index (χ3n) is 5.62. The maximum Gasteiger partial charge on any atom is 0.264 e. The summed E-state index contributed by atoms with van der Waals surface area (Å²) in [7, 11) is -2.47. The predicted octanol–water partition coefficient (Wildman–Crippen LogP) is 3.30. The summed E-state index contributed by atoms with van der Waals surface area (Å²) in [4.78, 5) is 32.7. The number of amides is 1. The monoisotopic (exact) mass is 476 g/mol. The smallest absolute Gasteiger partial charge is 0.264 e. The minimum Gasteiger partial charge on any atom is -0.360 e. The van der Waals surface area contributed by atoms with Gasteiger partial charge < -0.3 is 10.3 Å². The lowest BCUT2D eigenvalue weighted by atomic mass is 10.1. The van der Waals surface area contributed by atoms with E-state index in [-0.39, 0.29) is 22.4 Å². The molecule has 0 radical (unpaired) electrons. The molecule has 2 heterocycles. The number of hydrogen-bond acceptors (Lipinski definition) is 5. The summed E-state index contributed by atoms with van der Waals surface area (Å²) in [6.45, 7) is 3.88. The Balaban J connectivity index is 1.69. The molecule has 0 fully saturated rings. The minimum absolute atomic E-state index is 0.0417. The highest BCUT2D eigenvalue weighted by Gasteiger charge is 2.24. The Hall–Kier alpha value is -3.98. The SMILES string of the molecule is Cc1ccc(C)c(N(C)S(=O)(=O)c2ccc3[nH]cc(C(=O)NCc4ccccn4)c(=O)c3c2)c1. The number of pyridine rings is 2. The number of nitrogens with one attached hydrogen (secondary N) is 2. The number of fused-ring (bicyclic) bond motifs is 1. The lowest BCUT2D eigenvalue weighted by Crippen LogP contribution is -2.29. The highest BCUT2D eigenvalue weighted by molar-refractivity contribution is 7.92. The average Bonchev–Trinajstić information content (AvgIpc) is 2.84. The molecule has 8 nitrogen and oxygen atoms in total. The van der Waals surface area contributed by atoms with Crippen LogP contribution in [-0.2, 0) is 16.6 Å². The molecule has 34 heavy (non-hydrogen) atoms. The molecule has 2 aromatic carbocycles. The lowest BCUT2D eigenvalue weighted by molar-refractivity contribution is 0.0949. The standard InChI is InChI=1S/C25H24N4O4S/c1-16-7-8-17(2)23(12-16)29(3)34(32,33)19-9-10-22-20(13-19)24(30)21(15-27-22)25(31)28-14-18-6-4-5-11-26-18/h4-13,15H,14H2,1-3H3,(H,27,30)(H,28,31). The first-order chi connectivity index (χ1) is 16.2. The maximum atomic E-state index is 13.4.